The van der Waals surface area contributed by atoms with E-state index in [1.54, 1.807) is 6.20 Å². The summed E-state index contributed by atoms with van der Waals surface area (Å²) in [6, 6.07) is 6.60. The van der Waals surface area contributed by atoms with Crippen LogP contribution in [-0.4, -0.2) is 4.98 Å². The molecule has 0 fully saturated rings. The molecule has 4 heteroatoms. The summed E-state index contributed by atoms with van der Waals surface area (Å²) in [6.07, 6.45) is 1.79. The Bertz CT molecular complexity index is 748. The maximum absolute atomic E-state index is 9.28. The lowest BCUT2D eigenvalue weighted by Gasteiger charge is -2.20. The van der Waals surface area contributed by atoms with Gasteiger partial charge in [-0.15, -0.1) is 0 Å². The Kier molecular flexibility index (Phi) is 3.06. The first-order valence-corrected chi connectivity index (χ1v) is 7.00. The van der Waals surface area contributed by atoms with Crippen molar-refractivity contribution in [3.05, 3.63) is 51.7 Å². The molecule has 0 saturated carbocycles. The fraction of sp³-hybridized carbons (Fsp3) is 0.294. The highest BCUT2D eigenvalue weighted by atomic mass is 15.1. The quantitative estimate of drug-likeness (QED) is 0.871. The van der Waals surface area contributed by atoms with Gasteiger partial charge in [0.15, 0.2) is 0 Å². The van der Waals surface area contributed by atoms with Crippen LogP contribution in [0.1, 0.15) is 33.4 Å². The van der Waals surface area contributed by atoms with Crippen molar-refractivity contribution in [1.29, 1.82) is 5.26 Å². The van der Waals surface area contributed by atoms with Crippen molar-refractivity contribution in [3.8, 4) is 6.07 Å². The normalized spacial score (nSPS) is 13.1. The lowest BCUT2D eigenvalue weighted by atomic mass is 10.0. The zero-order valence-electron chi connectivity index (χ0n) is 12.6. The van der Waals surface area contributed by atoms with Gasteiger partial charge in [0.2, 0.25) is 0 Å². The number of benzene rings is 1. The van der Waals surface area contributed by atoms with E-state index < -0.39 is 0 Å². The van der Waals surface area contributed by atoms with Crippen LogP contribution in [0.4, 0.5) is 11.5 Å². The third kappa shape index (κ3) is 2.11. The zero-order chi connectivity index (χ0) is 15.1. The molecule has 2 aromatic rings. The van der Waals surface area contributed by atoms with E-state index >= 15 is 0 Å². The van der Waals surface area contributed by atoms with Crippen LogP contribution in [0.3, 0.4) is 0 Å². The molecular formula is C17H18N4. The number of hydrogen-bond donors (Lipinski definition) is 1. The summed E-state index contributed by atoms with van der Waals surface area (Å²) in [4.78, 5) is 6.40. The van der Waals surface area contributed by atoms with Crippen LogP contribution in [0, 0.1) is 32.1 Å². The molecule has 2 heterocycles. The highest BCUT2D eigenvalue weighted by molar-refractivity contribution is 5.62. The van der Waals surface area contributed by atoms with Crippen LogP contribution in [0.5, 0.6) is 0 Å². The van der Waals surface area contributed by atoms with Gasteiger partial charge in [-0.2, -0.15) is 5.26 Å². The van der Waals surface area contributed by atoms with E-state index in [4.69, 9.17) is 5.73 Å². The first-order chi connectivity index (χ1) is 10.0. The van der Waals surface area contributed by atoms with Crippen LogP contribution in [0.25, 0.3) is 0 Å². The van der Waals surface area contributed by atoms with Gasteiger partial charge in [-0.3, -0.25) is 0 Å². The minimum absolute atomic E-state index is 0.328. The molecule has 2 N–H and O–H groups in total. The minimum atomic E-state index is 0.328. The lowest BCUT2D eigenvalue weighted by molar-refractivity contribution is 0.876. The van der Waals surface area contributed by atoms with Gasteiger partial charge in [0.25, 0.3) is 0 Å². The van der Waals surface area contributed by atoms with Gasteiger partial charge in [0.1, 0.15) is 11.9 Å². The monoisotopic (exact) mass is 278 g/mol. The van der Waals surface area contributed by atoms with Crippen molar-refractivity contribution in [1.82, 2.24) is 4.98 Å². The average molecular weight is 278 g/mol. The number of nitriles is 1. The Morgan fingerprint density at radius 1 is 1.19 bits per heavy atom. The standard InChI is InChI=1S/C17H18N4/c1-10-4-14(5-11(2)12(10)3)21-8-13-7-20-17(19)15(6-18)16(13)9-21/h4-5,7H,8-9H2,1-3H3,(H2,19,20). The summed E-state index contributed by atoms with van der Waals surface area (Å²) in [5.41, 5.74) is 13.5. The number of hydrogen-bond acceptors (Lipinski definition) is 4. The highest BCUT2D eigenvalue weighted by Gasteiger charge is 2.24. The molecule has 1 aliphatic heterocycles. The van der Waals surface area contributed by atoms with Crippen molar-refractivity contribution in [2.24, 2.45) is 0 Å². The number of fused-ring (bicyclic) bond motifs is 1. The number of nitrogen functional groups attached to an aromatic ring is 1. The summed E-state index contributed by atoms with van der Waals surface area (Å²) in [7, 11) is 0. The van der Waals surface area contributed by atoms with Gasteiger partial charge < -0.3 is 10.6 Å². The topological polar surface area (TPSA) is 65.9 Å². The molecule has 1 aromatic carbocycles. The first-order valence-electron chi connectivity index (χ1n) is 7.00. The zero-order valence-corrected chi connectivity index (χ0v) is 12.6. The number of aromatic nitrogens is 1. The van der Waals surface area contributed by atoms with Crippen LogP contribution >= 0.6 is 0 Å². The summed E-state index contributed by atoms with van der Waals surface area (Å²) >= 11 is 0. The van der Waals surface area contributed by atoms with Crippen molar-refractivity contribution in [2.75, 3.05) is 10.6 Å². The van der Waals surface area contributed by atoms with Gasteiger partial charge in [-0.1, -0.05) is 0 Å². The largest absolute Gasteiger partial charge is 0.383 e. The fourth-order valence-electron chi connectivity index (χ4n) is 2.88. The van der Waals surface area contributed by atoms with Crippen molar-refractivity contribution in [2.45, 2.75) is 33.9 Å². The molecule has 0 atom stereocenters. The van der Waals surface area contributed by atoms with Gasteiger partial charge in [-0.05, 0) is 60.7 Å². The smallest absolute Gasteiger partial charge is 0.141 e. The van der Waals surface area contributed by atoms with E-state index in [-0.39, 0.29) is 0 Å². The van der Waals surface area contributed by atoms with Gasteiger partial charge in [0.05, 0.1) is 5.56 Å². The Balaban J connectivity index is 2.01. The average Bonchev–Trinajstić information content (AvgIpc) is 2.88. The second-order valence-electron chi connectivity index (χ2n) is 5.69. The number of nitrogens with two attached hydrogens (primary N) is 1. The van der Waals surface area contributed by atoms with Gasteiger partial charge >= 0.3 is 0 Å². The summed E-state index contributed by atoms with van der Waals surface area (Å²) in [6.45, 7) is 7.91. The number of anilines is 2. The molecule has 0 amide bonds. The van der Waals surface area contributed by atoms with Crippen molar-refractivity contribution >= 4 is 11.5 Å². The summed E-state index contributed by atoms with van der Waals surface area (Å²) in [5.74, 6) is 0.328. The fourth-order valence-corrected chi connectivity index (χ4v) is 2.88. The highest BCUT2D eigenvalue weighted by Crippen LogP contribution is 2.33. The third-order valence-corrected chi connectivity index (χ3v) is 4.40. The molecule has 0 saturated heterocycles. The van der Waals surface area contributed by atoms with E-state index in [1.807, 2.05) is 0 Å². The van der Waals surface area contributed by atoms with E-state index in [2.05, 4.69) is 48.9 Å². The SMILES string of the molecule is Cc1cc(N2Cc3cnc(N)c(C#N)c3C2)cc(C)c1C. The predicted octanol–water partition coefficient (Wildman–Crippen LogP) is 2.98. The lowest BCUT2D eigenvalue weighted by Crippen LogP contribution is -2.15. The molecule has 106 valence electrons. The maximum Gasteiger partial charge on any atom is 0.141 e. The predicted molar refractivity (Wildman–Crippen MR) is 83.9 cm³/mol. The second-order valence-corrected chi connectivity index (χ2v) is 5.69. The molecule has 1 aliphatic rings. The second kappa shape index (κ2) is 4.78. The number of rotatable bonds is 1. The summed E-state index contributed by atoms with van der Waals surface area (Å²) in [5, 5.41) is 9.28. The van der Waals surface area contributed by atoms with E-state index in [0.29, 0.717) is 17.9 Å². The molecule has 0 spiro atoms. The third-order valence-electron chi connectivity index (χ3n) is 4.40. The van der Waals surface area contributed by atoms with E-state index in [0.717, 1.165) is 17.7 Å². The van der Waals surface area contributed by atoms with Crippen molar-refractivity contribution < 1.29 is 0 Å². The molecule has 0 radical (unpaired) electrons. The summed E-state index contributed by atoms with van der Waals surface area (Å²) < 4.78 is 0. The molecular weight excluding hydrogens is 260 g/mol. The molecule has 0 unspecified atom stereocenters. The molecule has 21 heavy (non-hydrogen) atoms. The van der Waals surface area contributed by atoms with Gasteiger partial charge in [0, 0.05) is 25.0 Å². The maximum atomic E-state index is 9.28. The minimum Gasteiger partial charge on any atom is -0.383 e. The van der Waals surface area contributed by atoms with Crippen LogP contribution in [-0.2, 0) is 13.1 Å². The molecule has 3 rings (SSSR count). The Labute approximate surface area is 124 Å². The molecule has 0 aliphatic carbocycles. The first kappa shape index (κ1) is 13.4. The molecule has 0 bridgehead atoms. The Morgan fingerprint density at radius 3 is 2.48 bits per heavy atom. The Hall–Kier alpha value is -2.54. The molecule has 1 aromatic heterocycles. The van der Waals surface area contributed by atoms with Crippen LogP contribution in [0.2, 0.25) is 0 Å². The van der Waals surface area contributed by atoms with Gasteiger partial charge in [-0.25, -0.2) is 4.98 Å². The van der Waals surface area contributed by atoms with E-state index in [1.165, 1.54) is 22.4 Å². The van der Waals surface area contributed by atoms with Crippen LogP contribution in [0.15, 0.2) is 18.3 Å². The molecule has 4 nitrogen and oxygen atoms in total. The number of aryl methyl sites for hydroxylation is 2. The van der Waals surface area contributed by atoms with Crippen LogP contribution < -0.4 is 10.6 Å². The number of nitrogens with zero attached hydrogens (tertiary/aromatic N) is 3. The van der Waals surface area contributed by atoms with E-state index in [9.17, 15) is 5.26 Å². The Morgan fingerprint density at radius 2 is 1.86 bits per heavy atom. The van der Waals surface area contributed by atoms with Crippen molar-refractivity contribution in [3.63, 3.8) is 0 Å². The number of pyridine rings is 1.